The van der Waals surface area contributed by atoms with Gasteiger partial charge in [-0.3, -0.25) is 9.59 Å². The molecule has 0 aliphatic carbocycles. The Bertz CT molecular complexity index is 1810. The van der Waals surface area contributed by atoms with Crippen molar-refractivity contribution in [1.82, 2.24) is 15.3 Å². The third kappa shape index (κ3) is 6.49. The fourth-order valence-electron chi connectivity index (χ4n) is 5.38. The number of para-hydroxylation sites is 1. The first-order valence-electron chi connectivity index (χ1n) is 14.0. The molecule has 0 saturated carbocycles. The quantitative estimate of drug-likeness (QED) is 0.196. The van der Waals surface area contributed by atoms with Gasteiger partial charge < -0.3 is 15.6 Å². The number of carbonyl (C=O) groups excluding carboxylic acids is 2. The number of halogens is 2. The standard InChI is InChI=1S/C32H33F2N5O4S/c1-19(33)16-24(20-10-12-23(13-11-20)44(4,42)43)31(41)39(34)26-17-21(14-15-35-26)28-29(36-22-8-6-5-7-9-22)27-25(37-28)18-32(2,3)38-30(27)40/h5-15,17,19,24,36-37H,16,18H2,1-4H3,(H,38,40). The maximum Gasteiger partial charge on any atom is 0.264 e. The molecule has 5 rings (SSSR count). The minimum atomic E-state index is -3.50. The topological polar surface area (TPSA) is 124 Å². The zero-order valence-electron chi connectivity index (χ0n) is 24.7. The summed E-state index contributed by atoms with van der Waals surface area (Å²) in [7, 11) is -3.50. The van der Waals surface area contributed by atoms with Gasteiger partial charge in [0, 0.05) is 41.4 Å². The van der Waals surface area contributed by atoms with Crippen molar-refractivity contribution in [3.63, 3.8) is 0 Å². The van der Waals surface area contributed by atoms with Gasteiger partial charge in [0.1, 0.15) is 0 Å². The second-order valence-corrected chi connectivity index (χ2v) is 13.7. The van der Waals surface area contributed by atoms with Crippen molar-refractivity contribution in [2.24, 2.45) is 0 Å². The molecule has 3 N–H and O–H groups in total. The molecular formula is C32H33F2N5O4S. The van der Waals surface area contributed by atoms with Crippen LogP contribution in [0.2, 0.25) is 0 Å². The van der Waals surface area contributed by atoms with Gasteiger partial charge in [0.25, 0.3) is 11.8 Å². The zero-order chi connectivity index (χ0) is 31.8. The summed E-state index contributed by atoms with van der Waals surface area (Å²) in [5.41, 5.74) is 3.09. The van der Waals surface area contributed by atoms with Crippen LogP contribution in [0.5, 0.6) is 0 Å². The third-order valence-electron chi connectivity index (χ3n) is 7.42. The summed E-state index contributed by atoms with van der Waals surface area (Å²) in [5.74, 6) is -2.89. The minimum absolute atomic E-state index is 0.0258. The van der Waals surface area contributed by atoms with E-state index in [0.717, 1.165) is 11.9 Å². The van der Waals surface area contributed by atoms with E-state index in [0.29, 0.717) is 34.6 Å². The lowest BCUT2D eigenvalue weighted by Gasteiger charge is -2.30. The maximum absolute atomic E-state index is 15.8. The van der Waals surface area contributed by atoms with E-state index in [-0.39, 0.29) is 33.7 Å². The summed E-state index contributed by atoms with van der Waals surface area (Å²) in [5, 5.41) is 6.21. The Morgan fingerprint density at radius 1 is 1.11 bits per heavy atom. The summed E-state index contributed by atoms with van der Waals surface area (Å²) in [6.45, 7) is 5.09. The number of nitrogens with zero attached hydrogens (tertiary/aromatic N) is 2. The van der Waals surface area contributed by atoms with Crippen LogP contribution in [-0.4, -0.2) is 48.2 Å². The molecule has 12 heteroatoms. The van der Waals surface area contributed by atoms with Gasteiger partial charge in [-0.25, -0.2) is 17.8 Å². The predicted octanol–water partition coefficient (Wildman–Crippen LogP) is 6.04. The number of hydrogen-bond donors (Lipinski definition) is 3. The number of alkyl halides is 1. The molecule has 0 bridgehead atoms. The molecule has 230 valence electrons. The van der Waals surface area contributed by atoms with Crippen LogP contribution in [0.3, 0.4) is 0 Å². The average Bonchev–Trinajstić information content (AvgIpc) is 3.32. The first kappa shape index (κ1) is 30.9. The molecule has 2 amide bonds. The molecule has 1 aliphatic rings. The van der Waals surface area contributed by atoms with Crippen LogP contribution in [0.1, 0.15) is 54.7 Å². The van der Waals surface area contributed by atoms with Gasteiger partial charge in [-0.1, -0.05) is 34.8 Å². The Morgan fingerprint density at radius 2 is 1.80 bits per heavy atom. The van der Waals surface area contributed by atoms with E-state index < -0.39 is 33.4 Å². The average molecular weight is 622 g/mol. The van der Waals surface area contributed by atoms with Gasteiger partial charge in [0.2, 0.25) is 0 Å². The highest BCUT2D eigenvalue weighted by Crippen LogP contribution is 2.39. The molecule has 0 saturated heterocycles. The largest absolute Gasteiger partial charge is 0.356 e. The monoisotopic (exact) mass is 621 g/mol. The van der Waals surface area contributed by atoms with Crippen molar-refractivity contribution in [3.05, 3.63) is 89.7 Å². The number of amides is 2. The van der Waals surface area contributed by atoms with E-state index in [2.05, 4.69) is 20.6 Å². The number of aromatic amines is 1. The second kappa shape index (κ2) is 11.8. The van der Waals surface area contributed by atoms with E-state index in [4.69, 9.17) is 0 Å². The number of sulfone groups is 1. The van der Waals surface area contributed by atoms with Crippen LogP contribution in [0, 0.1) is 0 Å². The van der Waals surface area contributed by atoms with Gasteiger partial charge in [-0.2, -0.15) is 0 Å². The van der Waals surface area contributed by atoms with Crippen LogP contribution < -0.4 is 15.8 Å². The summed E-state index contributed by atoms with van der Waals surface area (Å²) in [4.78, 5) is 34.1. The Labute approximate surface area is 254 Å². The van der Waals surface area contributed by atoms with Gasteiger partial charge in [0.15, 0.2) is 15.7 Å². The van der Waals surface area contributed by atoms with E-state index in [9.17, 15) is 22.4 Å². The zero-order valence-corrected chi connectivity index (χ0v) is 25.5. The summed E-state index contributed by atoms with van der Waals surface area (Å²) >= 11 is 0. The Balaban J connectivity index is 1.52. The lowest BCUT2D eigenvalue weighted by molar-refractivity contribution is -0.123. The molecule has 2 aromatic carbocycles. The van der Waals surface area contributed by atoms with Crippen molar-refractivity contribution < 1.29 is 26.9 Å². The highest BCUT2D eigenvalue weighted by atomic mass is 32.2. The highest BCUT2D eigenvalue weighted by molar-refractivity contribution is 7.90. The molecule has 0 fully saturated rings. The number of fused-ring (bicyclic) bond motifs is 1. The molecule has 3 heterocycles. The maximum atomic E-state index is 15.8. The lowest BCUT2D eigenvalue weighted by atomic mass is 9.91. The molecule has 2 unspecified atom stereocenters. The highest BCUT2D eigenvalue weighted by Gasteiger charge is 2.36. The molecule has 44 heavy (non-hydrogen) atoms. The number of benzene rings is 2. The van der Waals surface area contributed by atoms with Crippen molar-refractivity contribution in [1.29, 1.82) is 0 Å². The van der Waals surface area contributed by atoms with E-state index >= 15 is 4.48 Å². The van der Waals surface area contributed by atoms with Gasteiger partial charge >= 0.3 is 0 Å². The summed E-state index contributed by atoms with van der Waals surface area (Å²) < 4.78 is 53.8. The number of pyridine rings is 1. The smallest absolute Gasteiger partial charge is 0.264 e. The first-order chi connectivity index (χ1) is 20.7. The predicted molar refractivity (Wildman–Crippen MR) is 165 cm³/mol. The van der Waals surface area contributed by atoms with Crippen LogP contribution in [0.25, 0.3) is 11.3 Å². The van der Waals surface area contributed by atoms with E-state index in [1.165, 1.54) is 43.5 Å². The third-order valence-corrected chi connectivity index (χ3v) is 8.54. The Morgan fingerprint density at radius 3 is 2.43 bits per heavy atom. The first-order valence-corrected chi connectivity index (χ1v) is 15.9. The van der Waals surface area contributed by atoms with Crippen molar-refractivity contribution >= 4 is 38.8 Å². The van der Waals surface area contributed by atoms with Gasteiger partial charge in [-0.05, 0) is 69.2 Å². The number of anilines is 3. The molecule has 9 nitrogen and oxygen atoms in total. The van der Waals surface area contributed by atoms with Gasteiger partial charge in [-0.15, -0.1) is 5.12 Å². The molecule has 1 aliphatic heterocycles. The summed E-state index contributed by atoms with van der Waals surface area (Å²) in [6, 6.07) is 17.7. The SMILES string of the molecule is CC(F)CC(C(=O)N(F)c1cc(-c2[nH]c3c(c2Nc2ccccc2)C(=O)NC(C)(C)C3)ccn1)c1ccc(S(C)(=O)=O)cc1. The van der Waals surface area contributed by atoms with Gasteiger partial charge in [0.05, 0.1) is 33.9 Å². The summed E-state index contributed by atoms with van der Waals surface area (Å²) in [6.07, 6.45) is 1.14. The number of aromatic nitrogens is 2. The number of hydrogen-bond acceptors (Lipinski definition) is 6. The Hall–Kier alpha value is -4.58. The van der Waals surface area contributed by atoms with Crippen LogP contribution in [0.15, 0.2) is 77.8 Å². The lowest BCUT2D eigenvalue weighted by Crippen LogP contribution is -2.49. The van der Waals surface area contributed by atoms with Crippen molar-refractivity contribution in [2.75, 3.05) is 16.7 Å². The fraction of sp³-hybridized carbons (Fsp3) is 0.281. The van der Waals surface area contributed by atoms with Crippen molar-refractivity contribution in [3.8, 4) is 11.3 Å². The van der Waals surface area contributed by atoms with E-state index in [1.54, 1.807) is 6.07 Å². The van der Waals surface area contributed by atoms with Crippen LogP contribution in [-0.2, 0) is 21.1 Å². The van der Waals surface area contributed by atoms with Crippen molar-refractivity contribution in [2.45, 2.75) is 56.1 Å². The molecule has 0 spiro atoms. The number of carbonyl (C=O) groups is 2. The van der Waals surface area contributed by atoms with Crippen LogP contribution in [0.4, 0.5) is 26.1 Å². The molecule has 4 aromatic rings. The number of rotatable bonds is 9. The fourth-order valence-corrected chi connectivity index (χ4v) is 6.01. The number of H-pyrrole nitrogens is 1. The molecular weight excluding hydrogens is 588 g/mol. The molecule has 2 atom stereocenters. The Kier molecular flexibility index (Phi) is 8.30. The van der Waals surface area contributed by atoms with Crippen LogP contribution >= 0.6 is 0 Å². The number of nitrogens with one attached hydrogen (secondary N) is 3. The minimum Gasteiger partial charge on any atom is -0.356 e. The molecule has 2 aromatic heterocycles. The normalized spacial score (nSPS) is 15.5. The molecule has 0 radical (unpaired) electrons. The van der Waals surface area contributed by atoms with E-state index in [1.807, 2.05) is 44.2 Å². The second-order valence-electron chi connectivity index (χ2n) is 11.7.